The molecular weight excluding hydrogens is 262 g/mol. The molecule has 1 aliphatic rings. The summed E-state index contributed by atoms with van der Waals surface area (Å²) in [5.41, 5.74) is 1.08. The quantitative estimate of drug-likeness (QED) is 0.888. The lowest BCUT2D eigenvalue weighted by atomic mass is 10.1. The number of pyridine rings is 1. The van der Waals surface area contributed by atoms with E-state index in [1.165, 1.54) is 32.4 Å². The van der Waals surface area contributed by atoms with Crippen molar-refractivity contribution in [3.63, 3.8) is 0 Å². The van der Waals surface area contributed by atoms with E-state index in [0.29, 0.717) is 6.04 Å². The largest absolute Gasteiger partial charge is 0.381 e. The molecule has 1 fully saturated rings. The van der Waals surface area contributed by atoms with E-state index in [4.69, 9.17) is 0 Å². The minimum absolute atomic E-state index is 0.0225. The molecule has 1 aliphatic heterocycles. The number of aromatic nitrogens is 1. The van der Waals surface area contributed by atoms with Crippen LogP contribution in [0.4, 0.5) is 5.69 Å². The monoisotopic (exact) mass is 285 g/mol. The maximum absolute atomic E-state index is 11.7. The van der Waals surface area contributed by atoms with Crippen molar-refractivity contribution >= 4 is 16.5 Å². The first-order valence-corrected chi connectivity index (χ1v) is 7.86. The van der Waals surface area contributed by atoms with E-state index >= 15 is 0 Å². The Morgan fingerprint density at radius 2 is 2.29 bits per heavy atom. The highest BCUT2D eigenvalue weighted by Gasteiger charge is 2.21. The van der Waals surface area contributed by atoms with Crippen molar-refractivity contribution in [1.82, 2.24) is 9.88 Å². The Labute approximate surface area is 125 Å². The summed E-state index contributed by atoms with van der Waals surface area (Å²) in [6.07, 6.45) is 5.44. The molecular formula is C17H23N3O. The van der Waals surface area contributed by atoms with Crippen LogP contribution in [0, 0.1) is 0 Å². The molecule has 4 nitrogen and oxygen atoms in total. The molecule has 0 bridgehead atoms. The lowest BCUT2D eigenvalue weighted by Gasteiger charge is -2.17. The summed E-state index contributed by atoms with van der Waals surface area (Å²) in [5, 5.41) is 5.34. The van der Waals surface area contributed by atoms with Crippen molar-refractivity contribution in [1.29, 1.82) is 0 Å². The van der Waals surface area contributed by atoms with E-state index in [1.54, 1.807) is 6.20 Å². The summed E-state index contributed by atoms with van der Waals surface area (Å²) in [6.45, 7) is 5.75. The summed E-state index contributed by atoms with van der Waals surface area (Å²) in [5.74, 6) is 0. The van der Waals surface area contributed by atoms with Crippen molar-refractivity contribution in [3.05, 3.63) is 40.8 Å². The molecule has 1 atom stereocenters. The minimum Gasteiger partial charge on any atom is -0.381 e. The van der Waals surface area contributed by atoms with Crippen LogP contribution in [0.1, 0.15) is 26.2 Å². The number of hydrogen-bond donors (Lipinski definition) is 2. The SMILES string of the molecule is CCCCN1CCC(Nc2ccc3c(=O)[nH]ccc3c2)C1. The molecule has 0 radical (unpaired) electrons. The molecule has 21 heavy (non-hydrogen) atoms. The van der Waals surface area contributed by atoms with Gasteiger partial charge in [0.1, 0.15) is 0 Å². The molecule has 4 heteroatoms. The molecule has 3 rings (SSSR count). The van der Waals surface area contributed by atoms with E-state index in [-0.39, 0.29) is 5.56 Å². The van der Waals surface area contributed by atoms with Gasteiger partial charge in [-0.15, -0.1) is 0 Å². The van der Waals surface area contributed by atoms with Crippen LogP contribution >= 0.6 is 0 Å². The van der Waals surface area contributed by atoms with Crippen molar-refractivity contribution in [2.75, 3.05) is 25.0 Å². The van der Waals surface area contributed by atoms with Crippen LogP contribution in [0.5, 0.6) is 0 Å². The fraction of sp³-hybridized carbons (Fsp3) is 0.471. The number of anilines is 1. The van der Waals surface area contributed by atoms with E-state index in [2.05, 4.69) is 28.2 Å². The number of benzene rings is 1. The Balaban J connectivity index is 1.67. The number of unbranched alkanes of at least 4 members (excludes halogenated alkanes) is 1. The van der Waals surface area contributed by atoms with Crippen LogP contribution in [-0.2, 0) is 0 Å². The van der Waals surface area contributed by atoms with Gasteiger partial charge in [-0.25, -0.2) is 0 Å². The summed E-state index contributed by atoms with van der Waals surface area (Å²) >= 11 is 0. The zero-order valence-electron chi connectivity index (χ0n) is 12.6. The van der Waals surface area contributed by atoms with Gasteiger partial charge in [-0.1, -0.05) is 13.3 Å². The normalized spacial score (nSPS) is 19.2. The van der Waals surface area contributed by atoms with Gasteiger partial charge in [0.2, 0.25) is 0 Å². The number of fused-ring (bicyclic) bond motifs is 1. The van der Waals surface area contributed by atoms with E-state index in [1.807, 2.05) is 18.2 Å². The summed E-state index contributed by atoms with van der Waals surface area (Å²) in [4.78, 5) is 16.9. The van der Waals surface area contributed by atoms with Gasteiger partial charge < -0.3 is 15.2 Å². The number of rotatable bonds is 5. The van der Waals surface area contributed by atoms with Gasteiger partial charge in [-0.2, -0.15) is 0 Å². The van der Waals surface area contributed by atoms with Gasteiger partial charge in [0, 0.05) is 36.4 Å². The Morgan fingerprint density at radius 3 is 3.14 bits per heavy atom. The standard InChI is InChI=1S/C17H23N3O/c1-2-3-9-20-10-7-15(12-20)19-14-4-5-16-13(11-14)6-8-18-17(16)21/h4-6,8,11,15,19H,2-3,7,9-10,12H2,1H3,(H,18,21). The van der Waals surface area contributed by atoms with Gasteiger partial charge in [-0.05, 0) is 49.0 Å². The second-order valence-corrected chi connectivity index (χ2v) is 5.89. The molecule has 0 amide bonds. The molecule has 1 saturated heterocycles. The second kappa shape index (κ2) is 6.31. The number of nitrogens with one attached hydrogen (secondary N) is 2. The summed E-state index contributed by atoms with van der Waals surface area (Å²) < 4.78 is 0. The molecule has 0 saturated carbocycles. The van der Waals surface area contributed by atoms with Crippen molar-refractivity contribution < 1.29 is 0 Å². The van der Waals surface area contributed by atoms with Crippen LogP contribution in [0.2, 0.25) is 0 Å². The van der Waals surface area contributed by atoms with Gasteiger partial charge in [0.05, 0.1) is 0 Å². The molecule has 0 aliphatic carbocycles. The number of aromatic amines is 1. The molecule has 112 valence electrons. The third-order valence-electron chi connectivity index (χ3n) is 4.24. The number of likely N-dealkylation sites (tertiary alicyclic amines) is 1. The first-order valence-electron chi connectivity index (χ1n) is 7.86. The highest BCUT2D eigenvalue weighted by atomic mass is 16.1. The second-order valence-electron chi connectivity index (χ2n) is 5.89. The Morgan fingerprint density at radius 1 is 1.38 bits per heavy atom. The van der Waals surface area contributed by atoms with Gasteiger partial charge in [0.15, 0.2) is 0 Å². The van der Waals surface area contributed by atoms with Crippen molar-refractivity contribution in [2.24, 2.45) is 0 Å². The fourth-order valence-corrected chi connectivity index (χ4v) is 3.05. The highest BCUT2D eigenvalue weighted by molar-refractivity contribution is 5.84. The lowest BCUT2D eigenvalue weighted by molar-refractivity contribution is 0.330. The Kier molecular flexibility index (Phi) is 4.25. The van der Waals surface area contributed by atoms with Crippen LogP contribution in [0.3, 0.4) is 0 Å². The lowest BCUT2D eigenvalue weighted by Crippen LogP contribution is -2.26. The molecule has 2 heterocycles. The van der Waals surface area contributed by atoms with Crippen LogP contribution in [-0.4, -0.2) is 35.6 Å². The highest BCUT2D eigenvalue weighted by Crippen LogP contribution is 2.20. The van der Waals surface area contributed by atoms with Crippen molar-refractivity contribution in [2.45, 2.75) is 32.2 Å². The topological polar surface area (TPSA) is 48.1 Å². The third kappa shape index (κ3) is 3.27. The van der Waals surface area contributed by atoms with Crippen molar-refractivity contribution in [3.8, 4) is 0 Å². The van der Waals surface area contributed by atoms with Gasteiger partial charge in [-0.3, -0.25) is 4.79 Å². The predicted molar refractivity (Wildman–Crippen MR) is 87.9 cm³/mol. The molecule has 1 unspecified atom stereocenters. The van der Waals surface area contributed by atoms with Gasteiger partial charge in [0.25, 0.3) is 5.56 Å². The van der Waals surface area contributed by atoms with E-state index < -0.39 is 0 Å². The fourth-order valence-electron chi connectivity index (χ4n) is 3.05. The van der Waals surface area contributed by atoms with E-state index in [0.717, 1.165) is 23.0 Å². The first kappa shape index (κ1) is 14.1. The molecule has 0 spiro atoms. The Hall–Kier alpha value is -1.81. The summed E-state index contributed by atoms with van der Waals surface area (Å²) in [7, 11) is 0. The van der Waals surface area contributed by atoms with Gasteiger partial charge >= 0.3 is 0 Å². The molecule has 1 aromatic carbocycles. The third-order valence-corrected chi connectivity index (χ3v) is 4.24. The first-order chi connectivity index (χ1) is 10.3. The van der Waals surface area contributed by atoms with E-state index in [9.17, 15) is 4.79 Å². The average molecular weight is 285 g/mol. The average Bonchev–Trinajstić information content (AvgIpc) is 2.93. The zero-order valence-corrected chi connectivity index (χ0v) is 12.6. The minimum atomic E-state index is -0.0225. The summed E-state index contributed by atoms with van der Waals surface area (Å²) in [6, 6.07) is 8.44. The predicted octanol–water partition coefficient (Wildman–Crippen LogP) is 2.81. The Bertz CT molecular complexity index is 664. The number of H-pyrrole nitrogens is 1. The smallest absolute Gasteiger partial charge is 0.255 e. The van der Waals surface area contributed by atoms with Crippen LogP contribution in [0.15, 0.2) is 35.3 Å². The van der Waals surface area contributed by atoms with Crippen LogP contribution in [0.25, 0.3) is 10.8 Å². The molecule has 1 aromatic heterocycles. The van der Waals surface area contributed by atoms with Crippen LogP contribution < -0.4 is 10.9 Å². The molecule has 2 N–H and O–H groups in total. The number of nitrogens with zero attached hydrogens (tertiary/aromatic N) is 1. The maximum atomic E-state index is 11.7. The zero-order chi connectivity index (χ0) is 14.7. The molecule has 2 aromatic rings. The number of hydrogen-bond acceptors (Lipinski definition) is 3. The maximum Gasteiger partial charge on any atom is 0.255 e.